The minimum Gasteiger partial charge on any atom is -0.482 e. The number of fused-ring (bicyclic) bond motifs is 2. The molecule has 12 heteroatoms. The summed E-state index contributed by atoms with van der Waals surface area (Å²) in [5, 5.41) is 23.0. The molecular weight excluding hydrogens is 853 g/mol. The van der Waals surface area contributed by atoms with Gasteiger partial charge >= 0.3 is 11.9 Å². The molecule has 3 amide bonds. The zero-order valence-electron chi connectivity index (χ0n) is 39.5. The van der Waals surface area contributed by atoms with Crippen LogP contribution in [-0.4, -0.2) is 81.1 Å². The Labute approximate surface area is 396 Å². The van der Waals surface area contributed by atoms with E-state index in [0.29, 0.717) is 38.0 Å². The fourth-order valence-electron chi connectivity index (χ4n) is 11.0. The fraction of sp³-hybridized carbons (Fsp3) is 0.611. The van der Waals surface area contributed by atoms with Crippen molar-refractivity contribution < 1.29 is 43.7 Å². The van der Waals surface area contributed by atoms with Gasteiger partial charge in [-0.05, 0) is 124 Å². The number of likely N-dealkylation sites (tertiary alicyclic amines) is 1. The minimum absolute atomic E-state index is 0.0772. The second-order valence-electron chi connectivity index (χ2n) is 19.5. The van der Waals surface area contributed by atoms with Crippen molar-refractivity contribution in [3.63, 3.8) is 0 Å². The maximum atomic E-state index is 14.2. The highest BCUT2D eigenvalue weighted by atomic mass is 32.2. The first kappa shape index (κ1) is 51.0. The number of rotatable bonds is 23. The monoisotopic (exact) mass is 927 g/mol. The SMILES string of the molecule is CCCCC[C@H](O)CC[C@@H]1[C@H]2Cc3cccc(OCC(=O)O)c3C[C@H]2C[C@H]1OC(=O)[C@@H]1CCCC[C@@H]1C(=O)NCCCCCCSC1CC(=O)N(C(C)(C)c2ccccccccc2)C1=O. The van der Waals surface area contributed by atoms with Gasteiger partial charge in [-0.3, -0.25) is 24.1 Å². The molecule has 0 bridgehead atoms. The standard InChI is InChI=1S/C54H74N2O9S/c1-4-5-13-24-40(57)28-29-41-44-32-37-21-20-27-46(64-36-50(59)60)45(37)33-38(44)34-47(41)65-53(63)43-26-17-16-25-42(43)51(61)55-30-18-11-12-19-31-66-48-35-49(58)56(52(48)62)54(2,3)39-22-14-9-7-6-8-10-15-23-39/h6-10,14-15,20-23,27,38,40-44,47-48,57H,4-5,11-13,16-19,24-26,28-36H2,1-3H3,(H,55,61)(H,59,60)/t38-,40-,41+,42-,43+,44-,47+,48?/m0/s1. The van der Waals surface area contributed by atoms with Gasteiger partial charge in [0, 0.05) is 13.0 Å². The lowest BCUT2D eigenvalue weighted by Crippen LogP contribution is -2.46. The number of amides is 3. The number of nitrogens with one attached hydrogen (secondary N) is 1. The van der Waals surface area contributed by atoms with Crippen LogP contribution < -0.4 is 10.1 Å². The van der Waals surface area contributed by atoms with Crippen LogP contribution in [0.15, 0.2) is 72.8 Å². The number of carboxylic acids is 1. The van der Waals surface area contributed by atoms with E-state index in [1.54, 1.807) is 11.8 Å². The molecule has 1 aliphatic heterocycles. The van der Waals surface area contributed by atoms with Gasteiger partial charge < -0.3 is 25.0 Å². The molecule has 2 aromatic carbocycles. The number of carboxylic acid groups (broad SMARTS) is 1. The van der Waals surface area contributed by atoms with E-state index in [4.69, 9.17) is 9.47 Å². The lowest BCUT2D eigenvalue weighted by atomic mass is 9.73. The van der Waals surface area contributed by atoms with Gasteiger partial charge in [-0.2, -0.15) is 0 Å². The second-order valence-corrected chi connectivity index (χ2v) is 20.8. The zero-order valence-corrected chi connectivity index (χ0v) is 40.3. The summed E-state index contributed by atoms with van der Waals surface area (Å²) >= 11 is 1.56. The first-order chi connectivity index (χ1) is 31.9. The van der Waals surface area contributed by atoms with Gasteiger partial charge in [0.2, 0.25) is 17.7 Å². The number of hydrogen-bond donors (Lipinski definition) is 3. The predicted molar refractivity (Wildman–Crippen MR) is 258 cm³/mol. The molecule has 360 valence electrons. The molecule has 0 aromatic heterocycles. The predicted octanol–water partition coefficient (Wildman–Crippen LogP) is 9.54. The van der Waals surface area contributed by atoms with Gasteiger partial charge in [0.05, 0.1) is 28.7 Å². The normalized spacial score (nSPS) is 24.2. The molecule has 4 aliphatic rings. The molecule has 11 nitrogen and oxygen atoms in total. The van der Waals surface area contributed by atoms with Crippen LogP contribution in [0.2, 0.25) is 0 Å². The van der Waals surface area contributed by atoms with Crippen LogP contribution in [-0.2, 0) is 47.1 Å². The summed E-state index contributed by atoms with van der Waals surface area (Å²) in [7, 11) is 0. The molecular formula is C54H74N2O9S. The molecule has 0 spiro atoms. The lowest BCUT2D eigenvalue weighted by Gasteiger charge is -2.34. The summed E-state index contributed by atoms with van der Waals surface area (Å²) in [5.74, 6) is -0.645. The molecule has 2 aromatic rings. The summed E-state index contributed by atoms with van der Waals surface area (Å²) < 4.78 is 12.2. The highest BCUT2D eigenvalue weighted by Crippen LogP contribution is 2.50. The number of nitrogens with zero attached hydrogens (tertiary/aromatic N) is 1. The number of aliphatic hydroxyl groups is 1. The van der Waals surface area contributed by atoms with Crippen LogP contribution >= 0.6 is 11.8 Å². The number of aliphatic carboxylic acids is 1. The van der Waals surface area contributed by atoms with E-state index in [0.717, 1.165) is 106 Å². The van der Waals surface area contributed by atoms with Crippen molar-refractivity contribution in [2.75, 3.05) is 18.9 Å². The van der Waals surface area contributed by atoms with Crippen LogP contribution in [0.1, 0.15) is 140 Å². The van der Waals surface area contributed by atoms with Crippen LogP contribution in [0.5, 0.6) is 5.75 Å². The molecule has 1 saturated heterocycles. The summed E-state index contributed by atoms with van der Waals surface area (Å²) in [6.45, 7) is 6.13. The Balaban J connectivity index is 0.964. The smallest absolute Gasteiger partial charge is 0.341 e. The van der Waals surface area contributed by atoms with Crippen LogP contribution in [0.3, 0.4) is 0 Å². The number of carbonyl (C=O) groups excluding carboxylic acids is 4. The summed E-state index contributed by atoms with van der Waals surface area (Å²) in [6.07, 6.45) is 13.6. The van der Waals surface area contributed by atoms with E-state index >= 15 is 0 Å². The average Bonchev–Trinajstić information content (AvgIpc) is 3.79. The van der Waals surface area contributed by atoms with Gasteiger partial charge in [-0.1, -0.05) is 119 Å². The number of aliphatic hydroxyl groups excluding tert-OH is 1. The van der Waals surface area contributed by atoms with Crippen LogP contribution in [0.4, 0.5) is 0 Å². The quantitative estimate of drug-likeness (QED) is 0.0557. The number of ether oxygens (including phenoxy) is 2. The van der Waals surface area contributed by atoms with Gasteiger partial charge in [-0.15, -0.1) is 11.8 Å². The Kier molecular flexibility index (Phi) is 19.4. The Morgan fingerprint density at radius 3 is 2.29 bits per heavy atom. The minimum atomic E-state index is -1.02. The van der Waals surface area contributed by atoms with Crippen molar-refractivity contribution in [3.05, 3.63) is 89.5 Å². The lowest BCUT2D eigenvalue weighted by molar-refractivity contribution is -0.162. The van der Waals surface area contributed by atoms with Gasteiger partial charge in [0.15, 0.2) is 6.61 Å². The van der Waals surface area contributed by atoms with E-state index in [9.17, 15) is 34.2 Å². The van der Waals surface area contributed by atoms with Crippen molar-refractivity contribution >= 4 is 41.4 Å². The Morgan fingerprint density at radius 1 is 0.848 bits per heavy atom. The molecule has 1 unspecified atom stereocenters. The first-order valence-corrected chi connectivity index (χ1v) is 25.9. The molecule has 8 atom stereocenters. The van der Waals surface area contributed by atoms with E-state index in [2.05, 4.69) is 18.3 Å². The third-order valence-corrected chi connectivity index (χ3v) is 15.9. The van der Waals surface area contributed by atoms with Crippen molar-refractivity contribution in [1.82, 2.24) is 10.2 Å². The average molecular weight is 927 g/mol. The molecule has 1 heterocycles. The summed E-state index contributed by atoms with van der Waals surface area (Å²) in [5.41, 5.74) is 2.27. The highest BCUT2D eigenvalue weighted by molar-refractivity contribution is 8.00. The number of esters is 1. The molecule has 0 radical (unpaired) electrons. The second kappa shape index (κ2) is 25.1. The maximum Gasteiger partial charge on any atom is 0.341 e. The summed E-state index contributed by atoms with van der Waals surface area (Å²) in [6, 6.07) is 23.2. The highest BCUT2D eigenvalue weighted by Gasteiger charge is 2.49. The topological polar surface area (TPSA) is 160 Å². The zero-order chi connectivity index (χ0) is 47.1. The number of hydrogen-bond acceptors (Lipinski definition) is 9. The molecule has 6 rings (SSSR count). The third kappa shape index (κ3) is 13.6. The summed E-state index contributed by atoms with van der Waals surface area (Å²) in [4.78, 5) is 67.4. The maximum absolute atomic E-state index is 14.2. The van der Waals surface area contributed by atoms with Crippen molar-refractivity contribution in [1.29, 1.82) is 0 Å². The third-order valence-electron chi connectivity index (χ3n) is 14.6. The molecule has 3 N–H and O–H groups in total. The Morgan fingerprint density at radius 2 is 1.56 bits per heavy atom. The van der Waals surface area contributed by atoms with E-state index in [1.807, 2.05) is 80.6 Å². The van der Waals surface area contributed by atoms with Crippen LogP contribution in [0, 0.1) is 29.6 Å². The molecule has 2 saturated carbocycles. The Hall–Kier alpha value is -4.42. The molecule has 3 aliphatic carbocycles. The van der Waals surface area contributed by atoms with Crippen molar-refractivity contribution in [3.8, 4) is 5.75 Å². The van der Waals surface area contributed by atoms with Gasteiger partial charge in [-0.25, -0.2) is 4.79 Å². The number of thioether (sulfide) groups is 1. The number of carbonyl (C=O) groups is 5. The first-order valence-electron chi connectivity index (χ1n) is 24.9. The van der Waals surface area contributed by atoms with Crippen LogP contribution in [0.25, 0.3) is 0 Å². The van der Waals surface area contributed by atoms with Crippen molar-refractivity contribution in [2.45, 2.75) is 159 Å². The van der Waals surface area contributed by atoms with Gasteiger partial charge in [0.1, 0.15) is 11.9 Å². The molecule has 66 heavy (non-hydrogen) atoms. The van der Waals surface area contributed by atoms with E-state index < -0.39 is 36.1 Å². The largest absolute Gasteiger partial charge is 0.482 e. The fourth-order valence-corrected chi connectivity index (χ4v) is 12.2. The Bertz CT molecular complexity index is 2000. The number of imide groups is 1. The number of unbranched alkanes of at least 4 members (excludes halogenated alkanes) is 5. The number of benzene rings is 1. The van der Waals surface area contributed by atoms with Gasteiger partial charge in [0.25, 0.3) is 0 Å². The van der Waals surface area contributed by atoms with E-state index in [1.165, 1.54) is 4.90 Å². The van der Waals surface area contributed by atoms with Crippen molar-refractivity contribution in [2.24, 2.45) is 29.6 Å². The van der Waals surface area contributed by atoms with E-state index in [-0.39, 0.29) is 59.2 Å². The molecule has 3 fully saturated rings.